The van der Waals surface area contributed by atoms with Gasteiger partial charge in [-0.15, -0.1) is 0 Å². The van der Waals surface area contributed by atoms with Crippen LogP contribution in [0.4, 0.5) is 0 Å². The maximum Gasteiger partial charge on any atom is 0.490 e. The van der Waals surface area contributed by atoms with Gasteiger partial charge in [0.05, 0.1) is 0 Å². The van der Waals surface area contributed by atoms with Gasteiger partial charge in [-0.2, -0.15) is 0 Å². The molecule has 4 heteroatoms. The van der Waals surface area contributed by atoms with Crippen molar-refractivity contribution in [2.75, 3.05) is 0 Å². The molecule has 0 radical (unpaired) electrons. The van der Waals surface area contributed by atoms with Crippen LogP contribution in [0.3, 0.4) is 0 Å². The van der Waals surface area contributed by atoms with Crippen LogP contribution in [0.2, 0.25) is 0 Å². The van der Waals surface area contributed by atoms with E-state index in [1.54, 1.807) is 6.07 Å². The fourth-order valence-electron chi connectivity index (χ4n) is 3.13. The number of benzene rings is 2. The van der Waals surface area contributed by atoms with Gasteiger partial charge in [-0.3, -0.25) is 0 Å². The molecular weight excluding hydrogens is 285 g/mol. The third-order valence-corrected chi connectivity index (χ3v) is 4.14. The number of allylic oxidation sites excluding steroid dienone is 4. The average molecular weight is 305 g/mol. The first-order valence-electron chi connectivity index (χ1n) is 7.82. The summed E-state index contributed by atoms with van der Waals surface area (Å²) >= 11 is 0. The maximum absolute atomic E-state index is 9.78. The van der Waals surface area contributed by atoms with E-state index < -0.39 is 7.12 Å². The van der Waals surface area contributed by atoms with Gasteiger partial charge < -0.3 is 14.6 Å². The van der Waals surface area contributed by atoms with Crippen molar-refractivity contribution < 1.29 is 10.0 Å². The minimum atomic E-state index is -1.49. The highest BCUT2D eigenvalue weighted by Crippen LogP contribution is 2.31. The standard InChI is InChI=1S/C19H20BNO2/c1-3-4-5-9-14(2)21-18-13-7-6-10-15(18)16-11-8-12-17(19(16)21)20(22)23/h3-14,22-23H,1-2H3/b4-3-,9-5-. The minimum absolute atomic E-state index is 0.0912. The number of aromatic nitrogens is 1. The normalized spacial score (nSPS) is 13.6. The van der Waals surface area contributed by atoms with Crippen molar-refractivity contribution in [2.45, 2.75) is 19.9 Å². The van der Waals surface area contributed by atoms with Crippen molar-refractivity contribution in [3.05, 3.63) is 66.8 Å². The van der Waals surface area contributed by atoms with E-state index in [0.29, 0.717) is 5.46 Å². The van der Waals surface area contributed by atoms with Gasteiger partial charge in [-0.1, -0.05) is 60.7 Å². The van der Waals surface area contributed by atoms with E-state index in [2.05, 4.69) is 29.7 Å². The summed E-state index contributed by atoms with van der Waals surface area (Å²) in [4.78, 5) is 0. The maximum atomic E-state index is 9.78. The van der Waals surface area contributed by atoms with Gasteiger partial charge >= 0.3 is 7.12 Å². The lowest BCUT2D eigenvalue weighted by molar-refractivity contribution is 0.426. The summed E-state index contributed by atoms with van der Waals surface area (Å²) in [6.45, 7) is 4.09. The quantitative estimate of drug-likeness (QED) is 0.574. The zero-order valence-corrected chi connectivity index (χ0v) is 13.3. The highest BCUT2D eigenvalue weighted by molar-refractivity contribution is 6.62. The first-order chi connectivity index (χ1) is 11.1. The second-order valence-electron chi connectivity index (χ2n) is 5.66. The summed E-state index contributed by atoms with van der Waals surface area (Å²) in [6, 6.07) is 13.9. The summed E-state index contributed by atoms with van der Waals surface area (Å²) < 4.78 is 2.17. The second kappa shape index (κ2) is 6.45. The van der Waals surface area contributed by atoms with Crippen LogP contribution in [-0.2, 0) is 0 Å². The average Bonchev–Trinajstić information content (AvgIpc) is 2.89. The van der Waals surface area contributed by atoms with E-state index >= 15 is 0 Å². The van der Waals surface area contributed by atoms with E-state index in [1.165, 1.54) is 0 Å². The predicted octanol–water partition coefficient (Wildman–Crippen LogP) is 3.17. The van der Waals surface area contributed by atoms with Crippen LogP contribution in [0, 0.1) is 0 Å². The zero-order valence-electron chi connectivity index (χ0n) is 13.3. The SMILES string of the molecule is C/C=C\C=C/C(C)n1c2ccccc2c2cccc(B(O)O)c21. The lowest BCUT2D eigenvalue weighted by Crippen LogP contribution is -2.31. The molecule has 0 saturated heterocycles. The number of rotatable bonds is 4. The number of para-hydroxylation sites is 2. The van der Waals surface area contributed by atoms with Crippen LogP contribution < -0.4 is 5.46 Å². The Kier molecular flexibility index (Phi) is 4.37. The molecular formula is C19H20BNO2. The molecule has 23 heavy (non-hydrogen) atoms. The van der Waals surface area contributed by atoms with Gasteiger partial charge in [0, 0.05) is 33.3 Å². The molecule has 0 aliphatic carbocycles. The Morgan fingerprint density at radius 3 is 2.48 bits per heavy atom. The molecule has 0 aliphatic rings. The van der Waals surface area contributed by atoms with Crippen LogP contribution in [0.15, 0.2) is 66.8 Å². The largest absolute Gasteiger partial charge is 0.490 e. The van der Waals surface area contributed by atoms with Crippen LogP contribution in [0.1, 0.15) is 19.9 Å². The van der Waals surface area contributed by atoms with Gasteiger partial charge in [0.1, 0.15) is 0 Å². The molecule has 2 N–H and O–H groups in total. The monoisotopic (exact) mass is 305 g/mol. The molecule has 3 rings (SSSR count). The molecule has 3 aromatic rings. The molecule has 1 heterocycles. The Morgan fingerprint density at radius 2 is 1.74 bits per heavy atom. The summed E-state index contributed by atoms with van der Waals surface area (Å²) in [5.41, 5.74) is 2.50. The van der Waals surface area contributed by atoms with Crippen LogP contribution in [-0.4, -0.2) is 21.7 Å². The van der Waals surface area contributed by atoms with Gasteiger partial charge in [0.2, 0.25) is 0 Å². The molecule has 0 spiro atoms. The van der Waals surface area contributed by atoms with Crippen molar-refractivity contribution in [2.24, 2.45) is 0 Å². The molecule has 0 fully saturated rings. The molecule has 0 aliphatic heterocycles. The van der Waals surface area contributed by atoms with Crippen molar-refractivity contribution in [1.29, 1.82) is 0 Å². The van der Waals surface area contributed by atoms with E-state index in [4.69, 9.17) is 0 Å². The van der Waals surface area contributed by atoms with Crippen LogP contribution >= 0.6 is 0 Å². The van der Waals surface area contributed by atoms with Gasteiger partial charge in [-0.25, -0.2) is 0 Å². The molecule has 1 unspecified atom stereocenters. The molecule has 1 aromatic heterocycles. The Morgan fingerprint density at radius 1 is 1.00 bits per heavy atom. The predicted molar refractivity (Wildman–Crippen MR) is 97.9 cm³/mol. The lowest BCUT2D eigenvalue weighted by atomic mass is 9.79. The van der Waals surface area contributed by atoms with Crippen molar-refractivity contribution >= 4 is 34.4 Å². The summed E-state index contributed by atoms with van der Waals surface area (Å²) in [5, 5.41) is 21.7. The van der Waals surface area contributed by atoms with E-state index in [9.17, 15) is 10.0 Å². The molecule has 0 bridgehead atoms. The number of hydrogen-bond acceptors (Lipinski definition) is 2. The first kappa shape index (κ1) is 15.6. The Labute approximate surface area is 136 Å². The zero-order chi connectivity index (χ0) is 16.4. The Hall–Kier alpha value is -2.30. The van der Waals surface area contributed by atoms with Crippen molar-refractivity contribution in [3.8, 4) is 0 Å². The summed E-state index contributed by atoms with van der Waals surface area (Å²) in [5.74, 6) is 0. The van der Waals surface area contributed by atoms with Crippen LogP contribution in [0.25, 0.3) is 21.8 Å². The van der Waals surface area contributed by atoms with Gasteiger partial charge in [-0.05, 0) is 19.9 Å². The topological polar surface area (TPSA) is 45.4 Å². The van der Waals surface area contributed by atoms with Crippen molar-refractivity contribution in [1.82, 2.24) is 4.57 Å². The number of fused-ring (bicyclic) bond motifs is 3. The molecule has 3 nitrogen and oxygen atoms in total. The highest BCUT2D eigenvalue weighted by atomic mass is 16.4. The van der Waals surface area contributed by atoms with Crippen LogP contribution in [0.5, 0.6) is 0 Å². The van der Waals surface area contributed by atoms with Gasteiger partial charge in [0.25, 0.3) is 0 Å². The van der Waals surface area contributed by atoms with E-state index in [0.717, 1.165) is 21.8 Å². The fourth-order valence-corrected chi connectivity index (χ4v) is 3.13. The van der Waals surface area contributed by atoms with Crippen molar-refractivity contribution in [3.63, 3.8) is 0 Å². The minimum Gasteiger partial charge on any atom is -0.423 e. The Balaban J connectivity index is 2.36. The molecule has 2 aromatic carbocycles. The summed E-state index contributed by atoms with van der Waals surface area (Å²) in [7, 11) is -1.49. The molecule has 0 amide bonds. The summed E-state index contributed by atoms with van der Waals surface area (Å²) in [6.07, 6.45) is 8.10. The lowest BCUT2D eigenvalue weighted by Gasteiger charge is -2.15. The van der Waals surface area contributed by atoms with Gasteiger partial charge in [0.15, 0.2) is 0 Å². The van der Waals surface area contributed by atoms with E-state index in [1.807, 2.05) is 49.4 Å². The Bertz CT molecular complexity index is 893. The third kappa shape index (κ3) is 2.71. The number of hydrogen-bond donors (Lipinski definition) is 2. The smallest absolute Gasteiger partial charge is 0.423 e. The first-order valence-corrected chi connectivity index (χ1v) is 7.82. The van der Waals surface area contributed by atoms with E-state index in [-0.39, 0.29) is 6.04 Å². The molecule has 116 valence electrons. The highest BCUT2D eigenvalue weighted by Gasteiger charge is 2.21. The molecule has 0 saturated carbocycles. The number of nitrogens with zero attached hydrogens (tertiary/aromatic N) is 1. The second-order valence-corrected chi connectivity index (χ2v) is 5.66. The molecule has 1 atom stereocenters. The third-order valence-electron chi connectivity index (χ3n) is 4.14. The fraction of sp³-hybridized carbons (Fsp3) is 0.158.